The molecule has 1 aliphatic heterocycles. The summed E-state index contributed by atoms with van der Waals surface area (Å²) in [4.78, 5) is 38.4. The SMILES string of the molecule is CN(C)S(=O)(=O)c1ccccc1CNC(=O)CN1C(=O)C2CCCCC2C1=O. The van der Waals surface area contributed by atoms with Gasteiger partial charge in [-0.2, -0.15) is 0 Å². The molecule has 28 heavy (non-hydrogen) atoms. The zero-order valence-corrected chi connectivity index (χ0v) is 16.9. The van der Waals surface area contributed by atoms with Crippen LogP contribution in [0.4, 0.5) is 0 Å². The lowest BCUT2D eigenvalue weighted by atomic mass is 9.81. The van der Waals surface area contributed by atoms with Gasteiger partial charge in [0.05, 0.1) is 16.7 Å². The van der Waals surface area contributed by atoms with E-state index in [0.717, 1.165) is 22.0 Å². The van der Waals surface area contributed by atoms with E-state index in [9.17, 15) is 22.8 Å². The van der Waals surface area contributed by atoms with E-state index >= 15 is 0 Å². The quantitative estimate of drug-likeness (QED) is 0.700. The molecule has 3 amide bonds. The van der Waals surface area contributed by atoms with E-state index in [1.807, 2.05) is 0 Å². The molecule has 0 radical (unpaired) electrons. The van der Waals surface area contributed by atoms with Gasteiger partial charge in [0.15, 0.2) is 0 Å². The van der Waals surface area contributed by atoms with Gasteiger partial charge in [-0.3, -0.25) is 19.3 Å². The van der Waals surface area contributed by atoms with Gasteiger partial charge in [-0.25, -0.2) is 12.7 Å². The Bertz CT molecular complexity index is 873. The summed E-state index contributed by atoms with van der Waals surface area (Å²) in [6.45, 7) is -0.335. The molecule has 1 aliphatic carbocycles. The van der Waals surface area contributed by atoms with Crippen LogP contribution in [-0.2, 0) is 31.0 Å². The molecular formula is C19H25N3O5S. The number of nitrogens with zero attached hydrogens (tertiary/aromatic N) is 2. The minimum absolute atomic E-state index is 0.00878. The van der Waals surface area contributed by atoms with Crippen LogP contribution in [0.1, 0.15) is 31.2 Å². The molecule has 1 aromatic carbocycles. The second-order valence-electron chi connectivity index (χ2n) is 7.43. The van der Waals surface area contributed by atoms with E-state index in [4.69, 9.17) is 0 Å². The molecule has 1 saturated heterocycles. The monoisotopic (exact) mass is 407 g/mol. The molecular weight excluding hydrogens is 382 g/mol. The van der Waals surface area contributed by atoms with Crippen LogP contribution in [0.2, 0.25) is 0 Å². The highest BCUT2D eigenvalue weighted by Crippen LogP contribution is 2.37. The highest BCUT2D eigenvalue weighted by atomic mass is 32.2. The van der Waals surface area contributed by atoms with Crippen LogP contribution in [0.5, 0.6) is 0 Å². The van der Waals surface area contributed by atoms with Crippen LogP contribution in [-0.4, -0.2) is 56.0 Å². The third kappa shape index (κ3) is 3.81. The summed E-state index contributed by atoms with van der Waals surface area (Å²) in [6, 6.07) is 6.41. The zero-order chi connectivity index (χ0) is 20.5. The number of imide groups is 1. The van der Waals surface area contributed by atoms with Crippen molar-refractivity contribution >= 4 is 27.7 Å². The topological polar surface area (TPSA) is 104 Å². The van der Waals surface area contributed by atoms with E-state index in [1.165, 1.54) is 20.2 Å². The number of carbonyl (C=O) groups is 3. The minimum atomic E-state index is -3.65. The van der Waals surface area contributed by atoms with Crippen molar-refractivity contribution in [3.63, 3.8) is 0 Å². The highest BCUT2D eigenvalue weighted by molar-refractivity contribution is 7.89. The van der Waals surface area contributed by atoms with Crippen LogP contribution >= 0.6 is 0 Å². The average Bonchev–Trinajstić information content (AvgIpc) is 2.91. The molecule has 3 rings (SSSR count). The maximum Gasteiger partial charge on any atom is 0.242 e. The normalized spacial score (nSPS) is 22.5. The van der Waals surface area contributed by atoms with Gasteiger partial charge in [0.2, 0.25) is 27.7 Å². The van der Waals surface area contributed by atoms with Crippen molar-refractivity contribution in [1.29, 1.82) is 0 Å². The smallest absolute Gasteiger partial charge is 0.242 e. The molecule has 152 valence electrons. The summed E-state index contributed by atoms with van der Waals surface area (Å²) in [5.41, 5.74) is 0.442. The van der Waals surface area contributed by atoms with Crippen LogP contribution in [0, 0.1) is 11.8 Å². The molecule has 2 atom stereocenters. The standard InChI is InChI=1S/C19H25N3O5S/c1-21(2)28(26,27)16-10-6-3-7-13(16)11-20-17(23)12-22-18(24)14-8-4-5-9-15(14)19(22)25/h3,6-7,10,14-15H,4-5,8-9,11-12H2,1-2H3,(H,20,23). The van der Waals surface area contributed by atoms with Crippen LogP contribution in [0.3, 0.4) is 0 Å². The van der Waals surface area contributed by atoms with E-state index < -0.39 is 15.9 Å². The zero-order valence-electron chi connectivity index (χ0n) is 16.1. The Balaban J connectivity index is 1.66. The molecule has 2 fully saturated rings. The molecule has 0 bridgehead atoms. The molecule has 1 heterocycles. The van der Waals surface area contributed by atoms with Gasteiger partial charge in [-0.1, -0.05) is 31.0 Å². The van der Waals surface area contributed by atoms with Gasteiger partial charge in [-0.15, -0.1) is 0 Å². The van der Waals surface area contributed by atoms with E-state index in [1.54, 1.807) is 18.2 Å². The lowest BCUT2D eigenvalue weighted by Gasteiger charge is -2.19. The third-order valence-electron chi connectivity index (χ3n) is 5.44. The van der Waals surface area contributed by atoms with Gasteiger partial charge in [-0.05, 0) is 24.5 Å². The summed E-state index contributed by atoms with van der Waals surface area (Å²) >= 11 is 0. The number of carbonyl (C=O) groups excluding carboxylic acids is 3. The maximum absolute atomic E-state index is 12.5. The Hall–Kier alpha value is -2.26. The molecule has 1 aromatic rings. The number of benzene rings is 1. The number of sulfonamides is 1. The Morgan fingerprint density at radius 1 is 1.11 bits per heavy atom. The molecule has 2 unspecified atom stereocenters. The number of likely N-dealkylation sites (tertiary alicyclic amines) is 1. The van der Waals surface area contributed by atoms with Crippen molar-refractivity contribution in [2.24, 2.45) is 11.8 Å². The fourth-order valence-corrected chi connectivity index (χ4v) is 4.99. The predicted molar refractivity (Wildman–Crippen MR) is 101 cm³/mol. The first-order valence-corrected chi connectivity index (χ1v) is 10.8. The van der Waals surface area contributed by atoms with Crippen molar-refractivity contribution in [3.05, 3.63) is 29.8 Å². The molecule has 1 N–H and O–H groups in total. The number of hydrogen-bond donors (Lipinski definition) is 1. The highest BCUT2D eigenvalue weighted by Gasteiger charge is 2.48. The van der Waals surface area contributed by atoms with Gasteiger partial charge < -0.3 is 5.32 Å². The molecule has 1 saturated carbocycles. The van der Waals surface area contributed by atoms with Crippen LogP contribution < -0.4 is 5.32 Å². The van der Waals surface area contributed by atoms with Gasteiger partial charge in [0.1, 0.15) is 6.54 Å². The first-order chi connectivity index (χ1) is 13.2. The van der Waals surface area contributed by atoms with Crippen molar-refractivity contribution < 1.29 is 22.8 Å². The Labute approximate surface area is 164 Å². The summed E-state index contributed by atoms with van der Waals surface area (Å²) in [5, 5.41) is 2.63. The fraction of sp³-hybridized carbons (Fsp3) is 0.526. The largest absolute Gasteiger partial charge is 0.350 e. The van der Waals surface area contributed by atoms with Crippen molar-refractivity contribution in [3.8, 4) is 0 Å². The number of nitrogens with one attached hydrogen (secondary N) is 1. The summed E-state index contributed by atoms with van der Waals surface area (Å²) in [6.07, 6.45) is 3.25. The predicted octanol–water partition coefficient (Wildman–Crippen LogP) is 0.728. The molecule has 2 aliphatic rings. The van der Waals surface area contributed by atoms with Gasteiger partial charge >= 0.3 is 0 Å². The van der Waals surface area contributed by atoms with Crippen molar-refractivity contribution in [2.75, 3.05) is 20.6 Å². The lowest BCUT2D eigenvalue weighted by Crippen LogP contribution is -2.41. The van der Waals surface area contributed by atoms with Gasteiger partial charge in [0.25, 0.3) is 0 Å². The molecule has 9 heteroatoms. The Kier molecular flexibility index (Phi) is 5.85. The van der Waals surface area contributed by atoms with E-state index in [0.29, 0.717) is 18.4 Å². The van der Waals surface area contributed by atoms with Crippen molar-refractivity contribution in [1.82, 2.24) is 14.5 Å². The summed E-state index contributed by atoms with van der Waals surface area (Å²) < 4.78 is 26.0. The Morgan fingerprint density at radius 3 is 2.25 bits per heavy atom. The first-order valence-electron chi connectivity index (χ1n) is 9.36. The summed E-state index contributed by atoms with van der Waals surface area (Å²) in [7, 11) is -0.768. The van der Waals surface area contributed by atoms with Crippen LogP contribution in [0.15, 0.2) is 29.2 Å². The number of fused-ring (bicyclic) bond motifs is 1. The summed E-state index contributed by atoms with van der Waals surface area (Å²) in [5.74, 6) is -1.60. The third-order valence-corrected chi connectivity index (χ3v) is 7.36. The van der Waals surface area contributed by atoms with E-state index in [2.05, 4.69) is 5.32 Å². The minimum Gasteiger partial charge on any atom is -0.350 e. The van der Waals surface area contributed by atoms with E-state index in [-0.39, 0.29) is 41.6 Å². The molecule has 0 aromatic heterocycles. The average molecular weight is 407 g/mol. The lowest BCUT2D eigenvalue weighted by molar-refractivity contribution is -0.143. The second kappa shape index (κ2) is 8.00. The fourth-order valence-electron chi connectivity index (χ4n) is 3.88. The first kappa shape index (κ1) is 20.5. The number of hydrogen-bond acceptors (Lipinski definition) is 5. The van der Waals surface area contributed by atoms with Gasteiger partial charge in [0, 0.05) is 20.6 Å². The van der Waals surface area contributed by atoms with Crippen LogP contribution in [0.25, 0.3) is 0 Å². The molecule has 8 nitrogen and oxygen atoms in total. The van der Waals surface area contributed by atoms with Crippen molar-refractivity contribution in [2.45, 2.75) is 37.1 Å². The maximum atomic E-state index is 12.5. The number of amides is 3. The second-order valence-corrected chi connectivity index (χ2v) is 9.55. The Morgan fingerprint density at radius 2 is 1.68 bits per heavy atom. The number of rotatable bonds is 6. The molecule has 0 spiro atoms.